The Kier molecular flexibility index (Phi) is 4.97. The number of nitrogens with one attached hydrogen (secondary N) is 1. The maximum atomic E-state index is 14.1. The molecular formula is C15H17ClFNS. The molecule has 0 aliphatic carbocycles. The molecule has 0 amide bonds. The van der Waals surface area contributed by atoms with Gasteiger partial charge in [0.1, 0.15) is 5.82 Å². The third-order valence-electron chi connectivity index (χ3n) is 3.05. The highest BCUT2D eigenvalue weighted by Crippen LogP contribution is 2.34. The van der Waals surface area contributed by atoms with Gasteiger partial charge in [0.15, 0.2) is 0 Å². The third-order valence-corrected chi connectivity index (χ3v) is 4.46. The number of hydrogen-bond acceptors (Lipinski definition) is 2. The summed E-state index contributed by atoms with van der Waals surface area (Å²) in [5.41, 5.74) is 1.71. The van der Waals surface area contributed by atoms with Gasteiger partial charge in [-0.3, -0.25) is 0 Å². The van der Waals surface area contributed by atoms with Crippen LogP contribution in [0.5, 0.6) is 0 Å². The fourth-order valence-corrected chi connectivity index (χ4v) is 3.36. The molecule has 1 nitrogen and oxygen atoms in total. The van der Waals surface area contributed by atoms with Crippen LogP contribution in [0.25, 0.3) is 0 Å². The Balaban J connectivity index is 2.46. The first-order valence-electron chi connectivity index (χ1n) is 6.36. The number of rotatable bonds is 5. The van der Waals surface area contributed by atoms with Gasteiger partial charge >= 0.3 is 0 Å². The molecule has 102 valence electrons. The van der Waals surface area contributed by atoms with Gasteiger partial charge in [0.25, 0.3) is 0 Å². The second kappa shape index (κ2) is 6.51. The molecule has 2 rings (SSSR count). The molecule has 0 radical (unpaired) electrons. The Bertz CT molecular complexity index is 533. The molecule has 0 saturated carbocycles. The summed E-state index contributed by atoms with van der Waals surface area (Å²) in [6, 6.07) is 6.72. The van der Waals surface area contributed by atoms with Crippen LogP contribution in [0.2, 0.25) is 5.02 Å². The van der Waals surface area contributed by atoms with Crippen LogP contribution in [-0.2, 0) is 0 Å². The van der Waals surface area contributed by atoms with E-state index < -0.39 is 0 Å². The number of halogens is 2. The summed E-state index contributed by atoms with van der Waals surface area (Å²) in [5.74, 6) is -0.256. The lowest BCUT2D eigenvalue weighted by molar-refractivity contribution is 0.550. The van der Waals surface area contributed by atoms with E-state index in [1.165, 1.54) is 6.07 Å². The van der Waals surface area contributed by atoms with E-state index in [0.717, 1.165) is 23.4 Å². The van der Waals surface area contributed by atoms with Crippen molar-refractivity contribution in [3.8, 4) is 0 Å². The van der Waals surface area contributed by atoms with Crippen LogP contribution >= 0.6 is 22.9 Å². The van der Waals surface area contributed by atoms with E-state index in [-0.39, 0.29) is 11.9 Å². The summed E-state index contributed by atoms with van der Waals surface area (Å²) >= 11 is 7.83. The van der Waals surface area contributed by atoms with E-state index in [1.807, 2.05) is 12.3 Å². The topological polar surface area (TPSA) is 12.0 Å². The monoisotopic (exact) mass is 297 g/mol. The summed E-state index contributed by atoms with van der Waals surface area (Å²) in [6.07, 6.45) is 0.993. The van der Waals surface area contributed by atoms with Crippen molar-refractivity contribution in [2.24, 2.45) is 0 Å². The molecule has 1 N–H and O–H groups in total. The largest absolute Gasteiger partial charge is 0.305 e. The van der Waals surface area contributed by atoms with Gasteiger partial charge in [0, 0.05) is 15.5 Å². The van der Waals surface area contributed by atoms with E-state index in [4.69, 9.17) is 11.6 Å². The second-order valence-electron chi connectivity index (χ2n) is 4.49. The highest BCUT2D eigenvalue weighted by Gasteiger charge is 2.22. The molecule has 0 aliphatic rings. The minimum absolute atomic E-state index is 0.173. The van der Waals surface area contributed by atoms with Gasteiger partial charge in [-0.1, -0.05) is 24.6 Å². The molecule has 0 fully saturated rings. The van der Waals surface area contributed by atoms with Crippen molar-refractivity contribution in [3.63, 3.8) is 0 Å². The number of aryl methyl sites for hydroxylation is 1. The lowest BCUT2D eigenvalue weighted by Gasteiger charge is -2.20. The Morgan fingerprint density at radius 1 is 1.37 bits per heavy atom. The van der Waals surface area contributed by atoms with Crippen molar-refractivity contribution in [2.45, 2.75) is 26.3 Å². The lowest BCUT2D eigenvalue weighted by atomic mass is 10.0. The van der Waals surface area contributed by atoms with Gasteiger partial charge in [0.05, 0.1) is 6.04 Å². The van der Waals surface area contributed by atoms with Crippen LogP contribution in [0.15, 0.2) is 29.6 Å². The fraction of sp³-hybridized carbons (Fsp3) is 0.333. The number of hydrogen-bond donors (Lipinski definition) is 1. The molecule has 1 heterocycles. The lowest BCUT2D eigenvalue weighted by Crippen LogP contribution is -2.24. The highest BCUT2D eigenvalue weighted by atomic mass is 35.5. The first-order chi connectivity index (χ1) is 9.15. The third kappa shape index (κ3) is 3.16. The Hall–Kier alpha value is -0.900. The second-order valence-corrected chi connectivity index (χ2v) is 5.85. The molecule has 0 saturated heterocycles. The van der Waals surface area contributed by atoms with E-state index in [9.17, 15) is 4.39 Å². The van der Waals surface area contributed by atoms with Crippen molar-refractivity contribution < 1.29 is 4.39 Å². The van der Waals surface area contributed by atoms with Crippen LogP contribution in [0.1, 0.15) is 35.4 Å². The molecule has 1 atom stereocenters. The quantitative estimate of drug-likeness (QED) is 0.824. The summed E-state index contributed by atoms with van der Waals surface area (Å²) in [4.78, 5) is 1.13. The molecule has 1 aromatic carbocycles. The molecule has 1 unspecified atom stereocenters. The van der Waals surface area contributed by atoms with Crippen LogP contribution in [0.4, 0.5) is 4.39 Å². The van der Waals surface area contributed by atoms with Crippen LogP contribution < -0.4 is 5.32 Å². The normalized spacial score (nSPS) is 12.6. The molecule has 1 aromatic heterocycles. The van der Waals surface area contributed by atoms with E-state index in [0.29, 0.717) is 10.6 Å². The average molecular weight is 298 g/mol. The van der Waals surface area contributed by atoms with Gasteiger partial charge in [-0.05, 0) is 49.0 Å². The Morgan fingerprint density at radius 3 is 2.74 bits per heavy atom. The number of thiophene rings is 1. The van der Waals surface area contributed by atoms with Crippen LogP contribution in [0, 0.1) is 12.7 Å². The Labute approximate surface area is 122 Å². The predicted molar refractivity (Wildman–Crippen MR) is 80.6 cm³/mol. The maximum absolute atomic E-state index is 14.1. The summed E-state index contributed by atoms with van der Waals surface area (Å²) in [6.45, 7) is 4.96. The van der Waals surface area contributed by atoms with Crippen molar-refractivity contribution in [3.05, 3.63) is 56.5 Å². The van der Waals surface area contributed by atoms with Gasteiger partial charge < -0.3 is 5.32 Å². The summed E-state index contributed by atoms with van der Waals surface area (Å²) < 4.78 is 14.1. The van der Waals surface area contributed by atoms with Gasteiger partial charge in [-0.15, -0.1) is 11.3 Å². The molecule has 0 aliphatic heterocycles. The first-order valence-corrected chi connectivity index (χ1v) is 7.62. The van der Waals surface area contributed by atoms with E-state index >= 15 is 0 Å². The SMILES string of the molecule is CCCNC(c1sccc1C)c1c(F)cccc1Cl. The zero-order valence-corrected chi connectivity index (χ0v) is 12.6. The van der Waals surface area contributed by atoms with Crippen LogP contribution in [-0.4, -0.2) is 6.54 Å². The maximum Gasteiger partial charge on any atom is 0.129 e. The standard InChI is InChI=1S/C15H17ClFNS/c1-3-8-18-14(15-10(2)7-9-19-15)13-11(16)5-4-6-12(13)17/h4-7,9,14,18H,3,8H2,1-2H3. The minimum Gasteiger partial charge on any atom is -0.305 e. The van der Waals surface area contributed by atoms with E-state index in [2.05, 4.69) is 18.3 Å². The molecule has 0 bridgehead atoms. The summed E-state index contributed by atoms with van der Waals surface area (Å²) in [7, 11) is 0. The predicted octanol–water partition coefficient (Wildman–Crippen LogP) is 4.94. The Morgan fingerprint density at radius 2 is 2.16 bits per heavy atom. The molecular weight excluding hydrogens is 281 g/mol. The van der Waals surface area contributed by atoms with Gasteiger partial charge in [-0.2, -0.15) is 0 Å². The smallest absolute Gasteiger partial charge is 0.129 e. The van der Waals surface area contributed by atoms with E-state index in [1.54, 1.807) is 23.5 Å². The number of benzene rings is 1. The van der Waals surface area contributed by atoms with Crippen LogP contribution in [0.3, 0.4) is 0 Å². The summed E-state index contributed by atoms with van der Waals surface area (Å²) in [5, 5.41) is 5.90. The van der Waals surface area contributed by atoms with Crippen molar-refractivity contribution >= 4 is 22.9 Å². The molecule has 19 heavy (non-hydrogen) atoms. The average Bonchev–Trinajstić information content (AvgIpc) is 2.79. The molecule has 4 heteroatoms. The van der Waals surface area contributed by atoms with Gasteiger partial charge in [0.2, 0.25) is 0 Å². The van der Waals surface area contributed by atoms with Crippen molar-refractivity contribution in [1.29, 1.82) is 0 Å². The van der Waals surface area contributed by atoms with Gasteiger partial charge in [-0.25, -0.2) is 4.39 Å². The van der Waals surface area contributed by atoms with Crippen molar-refractivity contribution in [2.75, 3.05) is 6.54 Å². The minimum atomic E-state index is -0.256. The molecule has 0 spiro atoms. The van der Waals surface area contributed by atoms with Crippen molar-refractivity contribution in [1.82, 2.24) is 5.32 Å². The zero-order valence-electron chi connectivity index (χ0n) is 11.0. The zero-order chi connectivity index (χ0) is 13.8. The molecule has 2 aromatic rings. The fourth-order valence-electron chi connectivity index (χ4n) is 2.08. The first kappa shape index (κ1) is 14.5. The highest BCUT2D eigenvalue weighted by molar-refractivity contribution is 7.10.